The molecule has 8 nitrogen and oxygen atoms in total. The van der Waals surface area contributed by atoms with Crippen LogP contribution in [0.4, 0.5) is 0 Å². The van der Waals surface area contributed by atoms with Crippen molar-refractivity contribution in [3.63, 3.8) is 0 Å². The number of phenolic OH excluding ortho intramolecular Hbond substituents is 1. The fraction of sp³-hybridized carbons (Fsp3) is 0.333. The Kier molecular flexibility index (Phi) is 7.47. The van der Waals surface area contributed by atoms with Gasteiger partial charge in [-0.3, -0.25) is 4.90 Å². The fourth-order valence-electron chi connectivity index (χ4n) is 4.27. The first-order valence-corrected chi connectivity index (χ1v) is 11.6. The lowest BCUT2D eigenvalue weighted by atomic mass is 10.00. The molecule has 0 atom stereocenters. The quantitative estimate of drug-likeness (QED) is 0.386. The standard InChI is InChI=1S/C24H25BrN4O4.ClH/c1-15-21-22-17(4-3-5-20(22)33-13-10-28-8-11-32-12-9-28)23(26-24(21)29(27-15)31-2)16-6-7-19(30)18(25)14-16;/h3-7,14,30H,8-13H2,1-2H3;1H. The van der Waals surface area contributed by atoms with Crippen molar-refractivity contribution in [2.45, 2.75) is 6.92 Å². The summed E-state index contributed by atoms with van der Waals surface area (Å²) < 4.78 is 12.4. The van der Waals surface area contributed by atoms with E-state index in [1.54, 1.807) is 13.2 Å². The fourth-order valence-corrected chi connectivity index (χ4v) is 4.64. The Morgan fingerprint density at radius 2 is 1.94 bits per heavy atom. The molecule has 34 heavy (non-hydrogen) atoms. The highest BCUT2D eigenvalue weighted by molar-refractivity contribution is 9.10. The van der Waals surface area contributed by atoms with Crippen molar-refractivity contribution in [2.75, 3.05) is 46.6 Å². The van der Waals surface area contributed by atoms with Crippen LogP contribution in [0.5, 0.6) is 11.5 Å². The van der Waals surface area contributed by atoms with Crippen LogP contribution in [0.15, 0.2) is 40.9 Å². The first kappa shape index (κ1) is 24.5. The van der Waals surface area contributed by atoms with Gasteiger partial charge in [-0.1, -0.05) is 17.0 Å². The maximum Gasteiger partial charge on any atom is 0.200 e. The third kappa shape index (κ3) is 4.53. The number of halogens is 2. The molecule has 0 bridgehead atoms. The van der Waals surface area contributed by atoms with E-state index >= 15 is 0 Å². The molecule has 0 unspecified atom stereocenters. The number of hydrogen-bond acceptors (Lipinski definition) is 7. The van der Waals surface area contributed by atoms with Gasteiger partial charge in [-0.25, -0.2) is 4.98 Å². The molecule has 10 heteroatoms. The molecule has 2 aromatic carbocycles. The number of hydrogen-bond donors (Lipinski definition) is 1. The molecule has 0 saturated carbocycles. The van der Waals surface area contributed by atoms with Crippen molar-refractivity contribution in [1.29, 1.82) is 0 Å². The summed E-state index contributed by atoms with van der Waals surface area (Å²) in [6.45, 7) is 6.73. The Morgan fingerprint density at radius 3 is 2.68 bits per heavy atom. The molecule has 1 fully saturated rings. The molecule has 0 radical (unpaired) electrons. The van der Waals surface area contributed by atoms with Crippen LogP contribution in [0, 0.1) is 6.92 Å². The number of benzene rings is 2. The normalized spacial score (nSPS) is 14.3. The van der Waals surface area contributed by atoms with Crippen LogP contribution in [0.25, 0.3) is 33.1 Å². The van der Waals surface area contributed by atoms with Gasteiger partial charge in [0.15, 0.2) is 5.65 Å². The summed E-state index contributed by atoms with van der Waals surface area (Å²) in [4.78, 5) is 14.2. The highest BCUT2D eigenvalue weighted by Crippen LogP contribution is 2.40. The number of aromatic hydroxyl groups is 1. The van der Waals surface area contributed by atoms with Gasteiger partial charge in [0.2, 0.25) is 0 Å². The molecule has 4 aromatic rings. The average Bonchev–Trinajstić information content (AvgIpc) is 3.16. The zero-order chi connectivity index (χ0) is 22.9. The molecule has 5 rings (SSSR count). The Bertz CT molecular complexity index is 1320. The summed E-state index contributed by atoms with van der Waals surface area (Å²) in [7, 11) is 1.57. The molecular weight excluding hydrogens is 524 g/mol. The van der Waals surface area contributed by atoms with Gasteiger partial charge in [0.05, 0.1) is 34.5 Å². The monoisotopic (exact) mass is 548 g/mol. The highest BCUT2D eigenvalue weighted by atomic mass is 79.9. The van der Waals surface area contributed by atoms with Crippen molar-refractivity contribution >= 4 is 50.1 Å². The van der Waals surface area contributed by atoms with E-state index in [0.717, 1.165) is 71.7 Å². The first-order valence-electron chi connectivity index (χ1n) is 10.8. The number of rotatable bonds is 6. The molecule has 1 N–H and O–H groups in total. The number of pyridine rings is 1. The van der Waals surface area contributed by atoms with Gasteiger partial charge in [-0.05, 0) is 47.1 Å². The molecule has 180 valence electrons. The second-order valence-electron chi connectivity index (χ2n) is 7.95. The maximum absolute atomic E-state index is 9.98. The van der Waals surface area contributed by atoms with Gasteiger partial charge in [-0.2, -0.15) is 0 Å². The zero-order valence-corrected chi connectivity index (χ0v) is 21.4. The van der Waals surface area contributed by atoms with Crippen molar-refractivity contribution in [3.8, 4) is 22.8 Å². The summed E-state index contributed by atoms with van der Waals surface area (Å²) in [6, 6.07) is 11.4. The van der Waals surface area contributed by atoms with Crippen molar-refractivity contribution in [3.05, 3.63) is 46.6 Å². The van der Waals surface area contributed by atoms with Crippen LogP contribution in [-0.2, 0) is 4.74 Å². The molecule has 1 saturated heterocycles. The van der Waals surface area contributed by atoms with Crippen LogP contribution < -0.4 is 9.57 Å². The first-order chi connectivity index (χ1) is 16.1. The van der Waals surface area contributed by atoms with Crippen LogP contribution in [0.2, 0.25) is 0 Å². The van der Waals surface area contributed by atoms with Crippen LogP contribution >= 0.6 is 28.3 Å². The van der Waals surface area contributed by atoms with Crippen LogP contribution in [-0.4, -0.2) is 71.5 Å². The summed E-state index contributed by atoms with van der Waals surface area (Å²) in [5.74, 6) is 0.958. The van der Waals surface area contributed by atoms with Gasteiger partial charge in [0.1, 0.15) is 25.2 Å². The Labute approximate surface area is 211 Å². The van der Waals surface area contributed by atoms with E-state index in [-0.39, 0.29) is 18.2 Å². The van der Waals surface area contributed by atoms with Gasteiger partial charge >= 0.3 is 0 Å². The van der Waals surface area contributed by atoms with Gasteiger partial charge < -0.3 is 19.4 Å². The number of fused-ring (bicyclic) bond motifs is 3. The molecule has 0 aliphatic carbocycles. The lowest BCUT2D eigenvalue weighted by Gasteiger charge is -2.26. The minimum atomic E-state index is 0. The summed E-state index contributed by atoms with van der Waals surface area (Å²) in [5.41, 5.74) is 3.05. The molecule has 1 aliphatic heterocycles. The van der Waals surface area contributed by atoms with Gasteiger partial charge in [-0.15, -0.1) is 17.5 Å². The van der Waals surface area contributed by atoms with E-state index in [2.05, 4.69) is 25.9 Å². The summed E-state index contributed by atoms with van der Waals surface area (Å²) >= 11 is 3.42. The zero-order valence-electron chi connectivity index (χ0n) is 19.0. The second kappa shape index (κ2) is 10.4. The summed E-state index contributed by atoms with van der Waals surface area (Å²) in [6.07, 6.45) is 0. The number of aryl methyl sites for hydroxylation is 1. The smallest absolute Gasteiger partial charge is 0.200 e. The second-order valence-corrected chi connectivity index (χ2v) is 8.80. The van der Waals surface area contributed by atoms with E-state index in [1.807, 2.05) is 37.3 Å². The van der Waals surface area contributed by atoms with Crippen molar-refractivity contribution in [1.82, 2.24) is 19.8 Å². The Balaban J connectivity index is 0.00000274. The van der Waals surface area contributed by atoms with E-state index in [0.29, 0.717) is 16.7 Å². The SMILES string of the molecule is COn1nc(C)c2c3c(OCCN4CCOCC4)cccc3c(-c3ccc(O)c(Br)c3)nc21.Cl. The summed E-state index contributed by atoms with van der Waals surface area (Å²) in [5, 5.41) is 17.3. The average molecular weight is 550 g/mol. The molecule has 0 spiro atoms. The Morgan fingerprint density at radius 1 is 1.15 bits per heavy atom. The van der Waals surface area contributed by atoms with Crippen molar-refractivity contribution < 1.29 is 19.4 Å². The maximum atomic E-state index is 9.98. The van der Waals surface area contributed by atoms with Gasteiger partial charge in [0, 0.05) is 36.0 Å². The Hall–Kier alpha value is -2.59. The molecule has 3 heterocycles. The van der Waals surface area contributed by atoms with Gasteiger partial charge in [0.25, 0.3) is 0 Å². The number of ether oxygens (including phenoxy) is 2. The predicted octanol–water partition coefficient (Wildman–Crippen LogP) is 4.22. The topological polar surface area (TPSA) is 81.9 Å². The number of nitrogens with zero attached hydrogens (tertiary/aromatic N) is 4. The minimum Gasteiger partial charge on any atom is -0.507 e. The predicted molar refractivity (Wildman–Crippen MR) is 137 cm³/mol. The van der Waals surface area contributed by atoms with Crippen LogP contribution in [0.1, 0.15) is 5.69 Å². The van der Waals surface area contributed by atoms with Crippen LogP contribution in [0.3, 0.4) is 0 Å². The lowest BCUT2D eigenvalue weighted by Crippen LogP contribution is -2.38. The van der Waals surface area contributed by atoms with E-state index < -0.39 is 0 Å². The van der Waals surface area contributed by atoms with Crippen molar-refractivity contribution in [2.24, 2.45) is 0 Å². The largest absolute Gasteiger partial charge is 0.507 e. The number of aromatic nitrogens is 3. The third-order valence-electron chi connectivity index (χ3n) is 5.92. The molecule has 0 amide bonds. The molecule has 1 aliphatic rings. The lowest BCUT2D eigenvalue weighted by molar-refractivity contribution is 0.0323. The van der Waals surface area contributed by atoms with E-state index in [1.165, 1.54) is 4.85 Å². The highest BCUT2D eigenvalue weighted by Gasteiger charge is 2.21. The molecular formula is C24H26BrClN4O4. The van der Waals surface area contributed by atoms with E-state index in [9.17, 15) is 5.11 Å². The molecule has 2 aromatic heterocycles. The third-order valence-corrected chi connectivity index (χ3v) is 6.55. The number of phenols is 1. The number of morpholine rings is 1. The minimum absolute atomic E-state index is 0. The van der Waals surface area contributed by atoms with E-state index in [4.69, 9.17) is 19.3 Å².